The molecule has 2 rings (SSSR count). The van der Waals surface area contributed by atoms with Crippen molar-refractivity contribution in [3.63, 3.8) is 0 Å². The summed E-state index contributed by atoms with van der Waals surface area (Å²) in [4.78, 5) is 35.6. The molecule has 0 heterocycles. The zero-order valence-electron chi connectivity index (χ0n) is 14.0. The van der Waals surface area contributed by atoms with Crippen molar-refractivity contribution in [1.82, 2.24) is 5.32 Å². The fourth-order valence-electron chi connectivity index (χ4n) is 2.19. The maximum atomic E-state index is 11.9. The lowest BCUT2D eigenvalue weighted by Gasteiger charge is -2.07. The Hall–Kier alpha value is -3.15. The smallest absolute Gasteiger partial charge is 0.316 e. The van der Waals surface area contributed by atoms with E-state index in [0.717, 1.165) is 19.3 Å². The molecule has 0 saturated carbocycles. The normalized spacial score (nSPS) is 10.1. The van der Waals surface area contributed by atoms with E-state index in [4.69, 9.17) is 5.73 Å². The molecule has 130 valence electrons. The molecule has 0 aliphatic heterocycles. The van der Waals surface area contributed by atoms with E-state index in [1.54, 1.807) is 24.3 Å². The van der Waals surface area contributed by atoms with Crippen LogP contribution in [0.5, 0.6) is 0 Å². The van der Waals surface area contributed by atoms with Crippen LogP contribution in [0.1, 0.15) is 35.7 Å². The fraction of sp³-hybridized carbons (Fsp3) is 0.211. The fourth-order valence-corrected chi connectivity index (χ4v) is 2.19. The first-order chi connectivity index (χ1) is 12.0. The first-order valence-corrected chi connectivity index (χ1v) is 8.10. The topological polar surface area (TPSA) is 101 Å². The quantitative estimate of drug-likeness (QED) is 0.575. The molecule has 0 radical (unpaired) electrons. The van der Waals surface area contributed by atoms with E-state index < -0.39 is 17.7 Å². The van der Waals surface area contributed by atoms with E-state index in [2.05, 4.69) is 12.2 Å². The van der Waals surface area contributed by atoms with Crippen LogP contribution >= 0.6 is 0 Å². The molecule has 0 aliphatic rings. The largest absolute Gasteiger partial charge is 0.399 e. The summed E-state index contributed by atoms with van der Waals surface area (Å²) in [6, 6.07) is 13.3. The van der Waals surface area contributed by atoms with E-state index in [-0.39, 0.29) is 5.56 Å². The zero-order chi connectivity index (χ0) is 18.2. The molecule has 0 saturated heterocycles. The molecule has 4 N–H and O–H groups in total. The van der Waals surface area contributed by atoms with Crippen LogP contribution in [-0.4, -0.2) is 17.7 Å². The molecule has 0 unspecified atom stereocenters. The molecule has 2 aromatic carbocycles. The molecule has 25 heavy (non-hydrogen) atoms. The minimum atomic E-state index is -1.02. The lowest BCUT2D eigenvalue weighted by atomic mass is 10.1. The van der Waals surface area contributed by atoms with Crippen LogP contribution in [0, 0.1) is 0 Å². The maximum Gasteiger partial charge on any atom is 0.316 e. The zero-order valence-corrected chi connectivity index (χ0v) is 14.0. The summed E-state index contributed by atoms with van der Waals surface area (Å²) in [5.74, 6) is -2.57. The van der Waals surface area contributed by atoms with Crippen molar-refractivity contribution in [2.75, 3.05) is 11.1 Å². The summed E-state index contributed by atoms with van der Waals surface area (Å²) >= 11 is 0. The van der Waals surface area contributed by atoms with Gasteiger partial charge in [0.2, 0.25) is 0 Å². The first-order valence-electron chi connectivity index (χ1n) is 8.10. The van der Waals surface area contributed by atoms with Gasteiger partial charge < -0.3 is 11.1 Å². The third kappa shape index (κ3) is 5.46. The molecule has 3 amide bonds. The van der Waals surface area contributed by atoms with Crippen LogP contribution in [0.3, 0.4) is 0 Å². The molecule has 6 heteroatoms. The van der Waals surface area contributed by atoms with Gasteiger partial charge in [0, 0.05) is 16.9 Å². The van der Waals surface area contributed by atoms with Crippen LogP contribution in [0.2, 0.25) is 0 Å². The van der Waals surface area contributed by atoms with Crippen molar-refractivity contribution in [2.45, 2.75) is 26.2 Å². The SMILES string of the molecule is CCCCc1ccc(NC(=O)C(=O)NC(=O)c2ccc(N)cc2)cc1. The summed E-state index contributed by atoms with van der Waals surface area (Å²) in [5.41, 5.74) is 7.96. The standard InChI is InChI=1S/C19H21N3O3/c1-2-3-4-13-5-11-16(12-6-13)21-18(24)19(25)22-17(23)14-7-9-15(20)10-8-14/h5-12H,2-4,20H2,1H3,(H,21,24)(H,22,23,25). The van der Waals surface area contributed by atoms with Gasteiger partial charge in [0.1, 0.15) is 0 Å². The number of nitrogens with one attached hydrogen (secondary N) is 2. The molecular formula is C19H21N3O3. The van der Waals surface area contributed by atoms with Gasteiger partial charge >= 0.3 is 11.8 Å². The number of rotatable bonds is 5. The second-order valence-corrected chi connectivity index (χ2v) is 5.66. The molecule has 0 spiro atoms. The van der Waals surface area contributed by atoms with E-state index in [1.807, 2.05) is 17.4 Å². The van der Waals surface area contributed by atoms with Crippen molar-refractivity contribution >= 4 is 29.1 Å². The number of carbonyl (C=O) groups excluding carboxylic acids is 3. The highest BCUT2D eigenvalue weighted by molar-refractivity contribution is 6.42. The van der Waals surface area contributed by atoms with Gasteiger partial charge in [-0.05, 0) is 54.8 Å². The maximum absolute atomic E-state index is 11.9. The minimum Gasteiger partial charge on any atom is -0.399 e. The Balaban J connectivity index is 1.90. The summed E-state index contributed by atoms with van der Waals surface area (Å²) in [7, 11) is 0. The van der Waals surface area contributed by atoms with Crippen LogP contribution in [0.15, 0.2) is 48.5 Å². The minimum absolute atomic E-state index is 0.246. The Labute approximate surface area is 146 Å². The van der Waals surface area contributed by atoms with Crippen molar-refractivity contribution < 1.29 is 14.4 Å². The second kappa shape index (κ2) is 8.63. The van der Waals surface area contributed by atoms with E-state index in [0.29, 0.717) is 11.4 Å². The number of imide groups is 1. The molecule has 0 atom stereocenters. The predicted octanol–water partition coefficient (Wildman–Crippen LogP) is 2.51. The average Bonchev–Trinajstić information content (AvgIpc) is 2.61. The van der Waals surface area contributed by atoms with Crippen LogP contribution in [0.25, 0.3) is 0 Å². The third-order valence-corrected chi connectivity index (χ3v) is 3.64. The average molecular weight is 339 g/mol. The van der Waals surface area contributed by atoms with Gasteiger partial charge in [0.05, 0.1) is 0 Å². The number of nitrogen functional groups attached to an aromatic ring is 1. The summed E-state index contributed by atoms with van der Waals surface area (Å²) < 4.78 is 0. The van der Waals surface area contributed by atoms with Gasteiger partial charge in [-0.3, -0.25) is 19.7 Å². The Kier molecular flexibility index (Phi) is 6.28. The molecule has 6 nitrogen and oxygen atoms in total. The van der Waals surface area contributed by atoms with E-state index in [1.165, 1.54) is 17.7 Å². The molecule has 0 aromatic heterocycles. The van der Waals surface area contributed by atoms with Gasteiger partial charge in [-0.15, -0.1) is 0 Å². The number of amides is 3. The number of nitrogens with two attached hydrogens (primary N) is 1. The summed E-state index contributed by atoms with van der Waals surface area (Å²) in [5, 5.41) is 4.51. The predicted molar refractivity (Wildman–Crippen MR) is 97.0 cm³/mol. The Morgan fingerprint density at radius 3 is 2.16 bits per heavy atom. The van der Waals surface area contributed by atoms with Crippen molar-refractivity contribution in [3.8, 4) is 0 Å². The van der Waals surface area contributed by atoms with Gasteiger partial charge in [-0.25, -0.2) is 0 Å². The number of benzene rings is 2. The Morgan fingerprint density at radius 2 is 1.56 bits per heavy atom. The molecule has 0 aliphatic carbocycles. The van der Waals surface area contributed by atoms with Gasteiger partial charge in [-0.1, -0.05) is 25.5 Å². The van der Waals surface area contributed by atoms with Crippen LogP contribution in [-0.2, 0) is 16.0 Å². The lowest BCUT2D eigenvalue weighted by Crippen LogP contribution is -2.39. The summed E-state index contributed by atoms with van der Waals surface area (Å²) in [6.07, 6.45) is 3.18. The molecule has 2 aromatic rings. The summed E-state index contributed by atoms with van der Waals surface area (Å²) in [6.45, 7) is 2.12. The van der Waals surface area contributed by atoms with Gasteiger partial charge in [0.25, 0.3) is 5.91 Å². The van der Waals surface area contributed by atoms with Crippen LogP contribution < -0.4 is 16.4 Å². The monoisotopic (exact) mass is 339 g/mol. The Morgan fingerprint density at radius 1 is 0.920 bits per heavy atom. The molecule has 0 bridgehead atoms. The number of unbranched alkanes of at least 4 members (excludes halogenated alkanes) is 1. The van der Waals surface area contributed by atoms with E-state index in [9.17, 15) is 14.4 Å². The van der Waals surface area contributed by atoms with E-state index >= 15 is 0 Å². The first kappa shape index (κ1) is 18.2. The highest BCUT2D eigenvalue weighted by Gasteiger charge is 2.17. The number of anilines is 2. The molecule has 0 fully saturated rings. The highest BCUT2D eigenvalue weighted by atomic mass is 16.2. The molecular weight excluding hydrogens is 318 g/mol. The second-order valence-electron chi connectivity index (χ2n) is 5.66. The lowest BCUT2D eigenvalue weighted by molar-refractivity contribution is -0.135. The van der Waals surface area contributed by atoms with Crippen molar-refractivity contribution in [2.24, 2.45) is 0 Å². The number of carbonyl (C=O) groups is 3. The van der Waals surface area contributed by atoms with Crippen LogP contribution in [0.4, 0.5) is 11.4 Å². The highest BCUT2D eigenvalue weighted by Crippen LogP contribution is 2.12. The number of hydrogen-bond donors (Lipinski definition) is 3. The van der Waals surface area contributed by atoms with Gasteiger partial charge in [0.15, 0.2) is 0 Å². The third-order valence-electron chi connectivity index (χ3n) is 3.64. The van der Waals surface area contributed by atoms with Crippen molar-refractivity contribution in [3.05, 3.63) is 59.7 Å². The van der Waals surface area contributed by atoms with Crippen molar-refractivity contribution in [1.29, 1.82) is 0 Å². The number of hydrogen-bond acceptors (Lipinski definition) is 4. The van der Waals surface area contributed by atoms with Gasteiger partial charge in [-0.2, -0.15) is 0 Å². The number of aryl methyl sites for hydroxylation is 1. The Bertz CT molecular complexity index is 752.